The maximum absolute atomic E-state index is 12.3. The number of rotatable bonds is 8. The highest BCUT2D eigenvalue weighted by Gasteiger charge is 2.20. The predicted octanol–water partition coefficient (Wildman–Crippen LogP) is 3.47. The Morgan fingerprint density at radius 1 is 1.08 bits per heavy atom. The molecular formula is C27H32ClN7O3. The summed E-state index contributed by atoms with van der Waals surface area (Å²) in [4.78, 5) is 37.2. The number of aromatic nitrogens is 2. The Morgan fingerprint density at radius 2 is 1.79 bits per heavy atom. The first kappa shape index (κ1) is 27.2. The number of amides is 2. The molecule has 0 fully saturated rings. The Hall–Kier alpha value is -3.89. The van der Waals surface area contributed by atoms with Gasteiger partial charge in [0.1, 0.15) is 10.8 Å². The van der Waals surface area contributed by atoms with Crippen molar-refractivity contribution in [1.29, 1.82) is 0 Å². The Balaban J connectivity index is 1.56. The van der Waals surface area contributed by atoms with Crippen molar-refractivity contribution in [3.63, 3.8) is 0 Å². The highest BCUT2D eigenvalue weighted by Crippen LogP contribution is 2.33. The van der Waals surface area contributed by atoms with Crippen LogP contribution in [0.1, 0.15) is 21.5 Å². The number of likely N-dealkylation sites (N-methyl/N-ethyl adjacent to an activating group) is 1. The number of methoxy groups -OCH3 is 1. The Morgan fingerprint density at radius 3 is 2.47 bits per heavy atom. The molecule has 0 saturated carbocycles. The van der Waals surface area contributed by atoms with Crippen LogP contribution in [0.4, 0.5) is 23.1 Å². The molecular weight excluding hydrogens is 506 g/mol. The van der Waals surface area contributed by atoms with Gasteiger partial charge in [0.15, 0.2) is 5.82 Å². The van der Waals surface area contributed by atoms with Crippen LogP contribution in [0.5, 0.6) is 5.75 Å². The summed E-state index contributed by atoms with van der Waals surface area (Å²) in [5.74, 6) is 1.21. The molecule has 38 heavy (non-hydrogen) atoms. The van der Waals surface area contributed by atoms with E-state index in [9.17, 15) is 9.59 Å². The number of halogens is 1. The van der Waals surface area contributed by atoms with Gasteiger partial charge in [-0.1, -0.05) is 23.7 Å². The standard InChI is InChI=1S/C27H32ClN7O3/c1-29-26(37)19-7-5-6-8-21(19)31-25-20(28)15-30-27(33-25)32-22-13-17-9-11-35(16-24(36)34(2)3)12-10-18(17)14-23(22)38-4/h5-8,13-15H,9-12,16H2,1-4H3,(H,29,37)(H2,30,31,32,33). The van der Waals surface area contributed by atoms with Crippen LogP contribution in [-0.2, 0) is 17.6 Å². The van der Waals surface area contributed by atoms with Crippen LogP contribution in [0.15, 0.2) is 42.6 Å². The lowest BCUT2D eigenvalue weighted by atomic mass is 10.0. The Labute approximate surface area is 227 Å². The fourth-order valence-corrected chi connectivity index (χ4v) is 4.38. The van der Waals surface area contributed by atoms with Crippen molar-refractivity contribution in [1.82, 2.24) is 25.1 Å². The molecule has 1 aliphatic rings. The molecule has 11 heteroatoms. The maximum atomic E-state index is 12.3. The number of benzene rings is 2. The maximum Gasteiger partial charge on any atom is 0.253 e. The smallest absolute Gasteiger partial charge is 0.253 e. The topological polar surface area (TPSA) is 112 Å². The zero-order valence-electron chi connectivity index (χ0n) is 22.0. The molecule has 2 heterocycles. The molecule has 4 rings (SSSR count). The van der Waals surface area contributed by atoms with Gasteiger partial charge in [-0.2, -0.15) is 4.98 Å². The van der Waals surface area contributed by atoms with E-state index >= 15 is 0 Å². The van der Waals surface area contributed by atoms with Crippen molar-refractivity contribution < 1.29 is 14.3 Å². The van der Waals surface area contributed by atoms with E-state index in [0.29, 0.717) is 40.3 Å². The first-order chi connectivity index (χ1) is 18.3. The zero-order valence-corrected chi connectivity index (χ0v) is 22.7. The van der Waals surface area contributed by atoms with Gasteiger partial charge in [0, 0.05) is 34.2 Å². The molecule has 0 aliphatic carbocycles. The quantitative estimate of drug-likeness (QED) is 0.400. The minimum atomic E-state index is -0.226. The van der Waals surface area contributed by atoms with Gasteiger partial charge in [0.05, 0.1) is 36.8 Å². The summed E-state index contributed by atoms with van der Waals surface area (Å²) in [7, 11) is 6.75. The number of para-hydroxylation sites is 1. The number of hydrogen-bond donors (Lipinski definition) is 3. The van der Waals surface area contributed by atoms with Crippen molar-refractivity contribution in [3.05, 3.63) is 64.3 Å². The summed E-state index contributed by atoms with van der Waals surface area (Å²) in [6, 6.07) is 11.2. The second-order valence-corrected chi connectivity index (χ2v) is 9.56. The highest BCUT2D eigenvalue weighted by molar-refractivity contribution is 6.33. The molecule has 0 bridgehead atoms. The van der Waals surface area contributed by atoms with Crippen LogP contribution in [-0.4, -0.2) is 79.5 Å². The van der Waals surface area contributed by atoms with Crippen LogP contribution in [0.3, 0.4) is 0 Å². The lowest BCUT2D eigenvalue weighted by molar-refractivity contribution is -0.129. The van der Waals surface area contributed by atoms with Crippen LogP contribution < -0.4 is 20.7 Å². The monoisotopic (exact) mass is 537 g/mol. The third-order valence-corrected chi connectivity index (χ3v) is 6.69. The summed E-state index contributed by atoms with van der Waals surface area (Å²) >= 11 is 6.38. The van der Waals surface area contributed by atoms with E-state index in [1.807, 2.05) is 12.1 Å². The van der Waals surface area contributed by atoms with Crippen molar-refractivity contribution >= 4 is 46.6 Å². The number of nitrogens with one attached hydrogen (secondary N) is 3. The summed E-state index contributed by atoms with van der Waals surface area (Å²) in [6.45, 7) is 1.99. The molecule has 2 amide bonds. The average Bonchev–Trinajstić information content (AvgIpc) is 3.11. The molecule has 0 atom stereocenters. The number of fused-ring (bicyclic) bond motifs is 1. The summed E-state index contributed by atoms with van der Waals surface area (Å²) in [6.07, 6.45) is 3.12. The largest absolute Gasteiger partial charge is 0.495 e. The molecule has 2 aromatic carbocycles. The first-order valence-corrected chi connectivity index (χ1v) is 12.7. The average molecular weight is 538 g/mol. The van der Waals surface area contributed by atoms with E-state index < -0.39 is 0 Å². The fraction of sp³-hybridized carbons (Fsp3) is 0.333. The van der Waals surface area contributed by atoms with Crippen LogP contribution in [0.25, 0.3) is 0 Å². The number of ether oxygens (including phenoxy) is 1. The lowest BCUT2D eigenvalue weighted by Crippen LogP contribution is -2.37. The van der Waals surface area contributed by atoms with Gasteiger partial charge in [-0.15, -0.1) is 0 Å². The molecule has 0 unspecified atom stereocenters. The van der Waals surface area contributed by atoms with Crippen molar-refractivity contribution in [2.45, 2.75) is 12.8 Å². The third-order valence-electron chi connectivity index (χ3n) is 6.42. The van der Waals surface area contributed by atoms with E-state index in [2.05, 4.69) is 36.9 Å². The van der Waals surface area contributed by atoms with Crippen molar-refractivity contribution in [3.8, 4) is 5.75 Å². The minimum absolute atomic E-state index is 0.0955. The first-order valence-electron chi connectivity index (χ1n) is 12.3. The summed E-state index contributed by atoms with van der Waals surface area (Å²) in [5.41, 5.74) is 4.13. The number of carbonyl (C=O) groups excluding carboxylic acids is 2. The van der Waals surface area contributed by atoms with E-state index in [-0.39, 0.29) is 11.8 Å². The minimum Gasteiger partial charge on any atom is -0.495 e. The van der Waals surface area contributed by atoms with E-state index in [0.717, 1.165) is 31.6 Å². The molecule has 1 aliphatic heterocycles. The summed E-state index contributed by atoms with van der Waals surface area (Å²) < 4.78 is 5.67. The van der Waals surface area contributed by atoms with E-state index in [4.69, 9.17) is 16.3 Å². The number of nitrogens with zero attached hydrogens (tertiary/aromatic N) is 4. The Kier molecular flexibility index (Phi) is 8.65. The normalized spacial score (nSPS) is 13.2. The van der Waals surface area contributed by atoms with Gasteiger partial charge < -0.3 is 25.6 Å². The molecule has 3 aromatic rings. The van der Waals surface area contributed by atoms with Crippen LogP contribution in [0.2, 0.25) is 5.02 Å². The molecule has 0 saturated heterocycles. The highest BCUT2D eigenvalue weighted by atomic mass is 35.5. The molecule has 10 nitrogen and oxygen atoms in total. The van der Waals surface area contributed by atoms with E-state index in [1.54, 1.807) is 51.4 Å². The number of hydrogen-bond acceptors (Lipinski definition) is 8. The molecule has 3 N–H and O–H groups in total. The fourth-order valence-electron chi connectivity index (χ4n) is 4.25. The molecule has 1 aromatic heterocycles. The van der Waals surface area contributed by atoms with Gasteiger partial charge in [-0.05, 0) is 48.2 Å². The van der Waals surface area contributed by atoms with Crippen molar-refractivity contribution in [2.75, 3.05) is 58.5 Å². The van der Waals surface area contributed by atoms with Gasteiger partial charge >= 0.3 is 0 Å². The van der Waals surface area contributed by atoms with Crippen molar-refractivity contribution in [2.24, 2.45) is 0 Å². The van der Waals surface area contributed by atoms with E-state index in [1.165, 1.54) is 17.3 Å². The molecule has 200 valence electrons. The van der Waals surface area contributed by atoms with Gasteiger partial charge in [0.2, 0.25) is 11.9 Å². The van der Waals surface area contributed by atoms with Gasteiger partial charge in [-0.25, -0.2) is 4.98 Å². The number of anilines is 4. The van der Waals surface area contributed by atoms with Gasteiger partial charge in [0.25, 0.3) is 5.91 Å². The van der Waals surface area contributed by atoms with Gasteiger partial charge in [-0.3, -0.25) is 14.5 Å². The zero-order chi connectivity index (χ0) is 27.2. The predicted molar refractivity (Wildman–Crippen MR) is 149 cm³/mol. The third kappa shape index (κ3) is 6.32. The summed E-state index contributed by atoms with van der Waals surface area (Å²) in [5, 5.41) is 9.34. The molecule has 0 radical (unpaired) electrons. The lowest BCUT2D eigenvalue weighted by Gasteiger charge is -2.21. The number of carbonyl (C=O) groups is 2. The Bertz CT molecular complexity index is 1330. The molecule has 0 spiro atoms. The second-order valence-electron chi connectivity index (χ2n) is 9.15. The SMILES string of the molecule is CNC(=O)c1ccccc1Nc1nc(Nc2cc3c(cc2OC)CCN(CC(=O)N(C)C)CC3)ncc1Cl. The second kappa shape index (κ2) is 12.1. The van der Waals surface area contributed by atoms with Crippen LogP contribution in [0, 0.1) is 0 Å². The van der Waals surface area contributed by atoms with Crippen LogP contribution >= 0.6 is 11.6 Å².